The monoisotopic (exact) mass is 473 g/mol. The third-order valence-corrected chi connectivity index (χ3v) is 5.89. The third kappa shape index (κ3) is 7.17. The van der Waals surface area contributed by atoms with E-state index in [4.69, 9.17) is 9.47 Å². The molecule has 0 saturated heterocycles. The van der Waals surface area contributed by atoms with Crippen LogP contribution >= 0.6 is 22.7 Å². The Morgan fingerprint density at radius 3 is 2.78 bits per heavy atom. The van der Waals surface area contributed by atoms with Gasteiger partial charge in [-0.05, 0) is 36.6 Å². The molecule has 1 aromatic carbocycles. The van der Waals surface area contributed by atoms with Crippen molar-refractivity contribution in [3.63, 3.8) is 0 Å². The Kier molecular flexibility index (Phi) is 8.76. The van der Waals surface area contributed by atoms with Crippen LogP contribution in [0.25, 0.3) is 0 Å². The first-order valence-electron chi connectivity index (χ1n) is 9.89. The molecule has 0 aliphatic heterocycles. The number of carbonyl (C=O) groups is 3. The third-order valence-electron chi connectivity index (χ3n) is 4.38. The lowest BCUT2D eigenvalue weighted by Gasteiger charge is -2.20. The van der Waals surface area contributed by atoms with Crippen molar-refractivity contribution in [2.75, 3.05) is 19.7 Å². The zero-order chi connectivity index (χ0) is 22.8. The average Bonchev–Trinajstić information content (AvgIpc) is 3.52. The van der Waals surface area contributed by atoms with E-state index in [2.05, 4.69) is 10.3 Å². The second kappa shape index (κ2) is 12.0. The van der Waals surface area contributed by atoms with Gasteiger partial charge in [-0.25, -0.2) is 9.78 Å². The van der Waals surface area contributed by atoms with Gasteiger partial charge in [-0.15, -0.1) is 22.7 Å². The molecule has 0 saturated carbocycles. The van der Waals surface area contributed by atoms with Crippen molar-refractivity contribution in [1.82, 2.24) is 15.2 Å². The maximum Gasteiger partial charge on any atom is 0.338 e. The van der Waals surface area contributed by atoms with Crippen LogP contribution in [0.3, 0.4) is 0 Å². The highest BCUT2D eigenvalue weighted by Gasteiger charge is 2.18. The van der Waals surface area contributed by atoms with Crippen molar-refractivity contribution in [1.29, 1.82) is 0 Å². The van der Waals surface area contributed by atoms with Crippen molar-refractivity contribution in [3.05, 3.63) is 68.8 Å². The van der Waals surface area contributed by atoms with Crippen LogP contribution in [0.1, 0.15) is 27.9 Å². The largest absolute Gasteiger partial charge is 0.487 e. The Morgan fingerprint density at radius 1 is 1.19 bits per heavy atom. The lowest BCUT2D eigenvalue weighted by molar-refractivity contribution is -0.138. The number of nitrogens with zero attached hydrogens (tertiary/aromatic N) is 2. The van der Waals surface area contributed by atoms with E-state index in [0.29, 0.717) is 25.4 Å². The van der Waals surface area contributed by atoms with Crippen molar-refractivity contribution < 1.29 is 23.9 Å². The van der Waals surface area contributed by atoms with E-state index >= 15 is 0 Å². The number of esters is 1. The van der Waals surface area contributed by atoms with E-state index in [-0.39, 0.29) is 18.0 Å². The minimum absolute atomic E-state index is 0.0990. The van der Waals surface area contributed by atoms with Crippen LogP contribution in [-0.2, 0) is 27.5 Å². The summed E-state index contributed by atoms with van der Waals surface area (Å²) >= 11 is 3.02. The molecule has 2 aromatic heterocycles. The number of thiophene rings is 1. The number of carbonyl (C=O) groups excluding carboxylic acids is 3. The first kappa shape index (κ1) is 23.4. The van der Waals surface area contributed by atoms with Gasteiger partial charge in [-0.1, -0.05) is 12.1 Å². The number of likely N-dealkylation sites (N-methyl/N-ethyl adjacent to an activating group) is 1. The molecule has 0 spiro atoms. The Bertz CT molecular complexity index is 1020. The molecule has 3 aromatic rings. The lowest BCUT2D eigenvalue weighted by atomic mass is 10.2. The number of hydrogen-bond acceptors (Lipinski definition) is 8. The molecular weight excluding hydrogens is 450 g/mol. The van der Waals surface area contributed by atoms with Crippen LogP contribution in [0.15, 0.2) is 52.7 Å². The Balaban J connectivity index is 1.45. The molecule has 0 radical (unpaired) electrons. The van der Waals surface area contributed by atoms with Crippen LogP contribution in [-0.4, -0.2) is 47.4 Å². The van der Waals surface area contributed by atoms with Crippen LogP contribution in [0.5, 0.6) is 5.75 Å². The summed E-state index contributed by atoms with van der Waals surface area (Å²) in [6.45, 7) is 2.24. The normalized spacial score (nSPS) is 10.4. The number of hydrogen-bond donors (Lipinski definition) is 1. The summed E-state index contributed by atoms with van der Waals surface area (Å²) in [5.74, 6) is -0.861. The topological polar surface area (TPSA) is 97.8 Å². The van der Waals surface area contributed by atoms with E-state index in [1.54, 1.807) is 48.0 Å². The molecule has 3 rings (SSSR count). The van der Waals surface area contributed by atoms with Gasteiger partial charge in [0, 0.05) is 16.8 Å². The molecule has 10 heteroatoms. The maximum atomic E-state index is 12.4. The summed E-state index contributed by atoms with van der Waals surface area (Å²) in [7, 11) is 0. The van der Waals surface area contributed by atoms with E-state index in [9.17, 15) is 14.4 Å². The number of ether oxygens (including phenoxy) is 2. The zero-order valence-electron chi connectivity index (χ0n) is 17.5. The van der Waals surface area contributed by atoms with Gasteiger partial charge < -0.3 is 19.7 Å². The van der Waals surface area contributed by atoms with E-state index in [0.717, 1.165) is 10.6 Å². The standard InChI is InChI=1S/C22H23N3O5S2/c1-2-25(11-20(26)23-10-19-7-4-8-32-19)21(27)13-30-22(28)16-5-3-6-18(9-16)29-12-17-14-31-15-24-17/h3-9,14-15H,2,10-13H2,1H3,(H,23,26). The Hall–Kier alpha value is -3.24. The quantitative estimate of drug-likeness (QED) is 0.430. The predicted molar refractivity (Wildman–Crippen MR) is 122 cm³/mol. The summed E-state index contributed by atoms with van der Waals surface area (Å²) in [5.41, 5.74) is 2.79. The number of amides is 2. The highest BCUT2D eigenvalue weighted by Crippen LogP contribution is 2.16. The van der Waals surface area contributed by atoms with Crippen LogP contribution in [0.2, 0.25) is 0 Å². The first-order chi connectivity index (χ1) is 15.5. The fourth-order valence-electron chi connectivity index (χ4n) is 2.69. The molecule has 2 amide bonds. The van der Waals surface area contributed by atoms with E-state index in [1.807, 2.05) is 22.9 Å². The molecule has 168 valence electrons. The molecule has 0 aliphatic rings. The Morgan fingerprint density at radius 2 is 2.06 bits per heavy atom. The van der Waals surface area contributed by atoms with Gasteiger partial charge in [0.25, 0.3) is 5.91 Å². The van der Waals surface area contributed by atoms with E-state index in [1.165, 1.54) is 16.2 Å². The SMILES string of the molecule is CCN(CC(=O)NCc1cccs1)C(=O)COC(=O)c1cccc(OCc2cscn2)c1. The van der Waals surface area contributed by atoms with Gasteiger partial charge in [0.05, 0.1) is 29.9 Å². The highest BCUT2D eigenvalue weighted by atomic mass is 32.1. The van der Waals surface area contributed by atoms with Gasteiger partial charge in [0.1, 0.15) is 12.4 Å². The highest BCUT2D eigenvalue weighted by molar-refractivity contribution is 7.09. The summed E-state index contributed by atoms with van der Waals surface area (Å²) in [5, 5.41) is 6.59. The number of benzene rings is 1. The fourth-order valence-corrected chi connectivity index (χ4v) is 3.87. The molecule has 2 heterocycles. The average molecular weight is 474 g/mol. The van der Waals surface area contributed by atoms with Gasteiger partial charge in [-0.3, -0.25) is 9.59 Å². The number of thiazole rings is 1. The molecule has 32 heavy (non-hydrogen) atoms. The zero-order valence-corrected chi connectivity index (χ0v) is 19.1. The van der Waals surface area contributed by atoms with Gasteiger partial charge >= 0.3 is 5.97 Å². The minimum Gasteiger partial charge on any atom is -0.487 e. The van der Waals surface area contributed by atoms with Crippen molar-refractivity contribution in [2.24, 2.45) is 0 Å². The smallest absolute Gasteiger partial charge is 0.338 e. The minimum atomic E-state index is -0.643. The van der Waals surface area contributed by atoms with Crippen molar-refractivity contribution >= 4 is 40.5 Å². The summed E-state index contributed by atoms with van der Waals surface area (Å²) < 4.78 is 10.8. The fraction of sp³-hybridized carbons (Fsp3) is 0.273. The second-order valence-corrected chi connectivity index (χ2v) is 8.39. The molecule has 0 atom stereocenters. The Labute approximate surface area is 193 Å². The summed E-state index contributed by atoms with van der Waals surface area (Å²) in [4.78, 5) is 43.4. The van der Waals surface area contributed by atoms with Crippen LogP contribution in [0, 0.1) is 0 Å². The molecule has 0 aliphatic carbocycles. The van der Waals surface area contributed by atoms with E-state index < -0.39 is 18.5 Å². The molecule has 0 unspecified atom stereocenters. The molecule has 0 bridgehead atoms. The molecule has 1 N–H and O–H groups in total. The predicted octanol–water partition coefficient (Wildman–Crippen LogP) is 3.11. The lowest BCUT2D eigenvalue weighted by Crippen LogP contribution is -2.42. The first-order valence-corrected chi connectivity index (χ1v) is 11.7. The summed E-state index contributed by atoms with van der Waals surface area (Å²) in [6.07, 6.45) is 0. The number of aromatic nitrogens is 1. The summed E-state index contributed by atoms with van der Waals surface area (Å²) in [6, 6.07) is 10.4. The van der Waals surface area contributed by atoms with Crippen LogP contribution in [0.4, 0.5) is 0 Å². The number of rotatable bonds is 11. The van der Waals surface area contributed by atoms with Gasteiger partial charge in [-0.2, -0.15) is 0 Å². The van der Waals surface area contributed by atoms with Crippen LogP contribution < -0.4 is 10.1 Å². The molecular formula is C22H23N3O5S2. The molecule has 0 fully saturated rings. The van der Waals surface area contributed by atoms with Crippen molar-refractivity contribution in [2.45, 2.75) is 20.1 Å². The maximum absolute atomic E-state index is 12.4. The van der Waals surface area contributed by atoms with Gasteiger partial charge in [0.15, 0.2) is 6.61 Å². The second-order valence-electron chi connectivity index (χ2n) is 6.64. The van der Waals surface area contributed by atoms with Crippen molar-refractivity contribution in [3.8, 4) is 5.75 Å². The van der Waals surface area contributed by atoms with Gasteiger partial charge in [0.2, 0.25) is 5.91 Å². The molecule has 8 nitrogen and oxygen atoms in total. The number of nitrogens with one attached hydrogen (secondary N) is 1.